The summed E-state index contributed by atoms with van der Waals surface area (Å²) in [4.78, 5) is 0. The Balaban J connectivity index is 2.51. The highest BCUT2D eigenvalue weighted by atomic mass is 32.2. The van der Waals surface area contributed by atoms with E-state index in [1.54, 1.807) is 13.0 Å². The molecule has 1 radical (unpaired) electrons. The van der Waals surface area contributed by atoms with E-state index in [9.17, 15) is 8.42 Å². The third-order valence-corrected chi connectivity index (χ3v) is 3.65. The summed E-state index contributed by atoms with van der Waals surface area (Å²) >= 11 is 0. The molecule has 4 heteroatoms. The maximum atomic E-state index is 11.3. The van der Waals surface area contributed by atoms with Crippen LogP contribution in [0.4, 0.5) is 0 Å². The molecule has 0 saturated carbocycles. The van der Waals surface area contributed by atoms with Crippen molar-refractivity contribution in [3.63, 3.8) is 0 Å². The molecule has 0 N–H and O–H groups in total. The molecule has 0 aromatic heterocycles. The number of hydrogen-bond acceptors (Lipinski definition) is 3. The predicted molar refractivity (Wildman–Crippen MR) is 48.0 cm³/mol. The molecule has 0 spiro atoms. The molecule has 2 rings (SSSR count). The molecule has 0 fully saturated rings. The average Bonchev–Trinajstić information content (AvgIpc) is 2.06. The van der Waals surface area contributed by atoms with E-state index in [-0.39, 0.29) is 0 Å². The number of hydrogen-bond donors (Lipinski definition) is 0. The van der Waals surface area contributed by atoms with Gasteiger partial charge in [0, 0.05) is 6.07 Å². The highest BCUT2D eigenvalue weighted by Crippen LogP contribution is 2.28. The molecule has 1 atom stereocenters. The molecule has 1 aliphatic heterocycles. The van der Waals surface area contributed by atoms with Gasteiger partial charge in [-0.25, -0.2) is 0 Å². The van der Waals surface area contributed by atoms with Gasteiger partial charge in [0.2, 0.25) is 0 Å². The quantitative estimate of drug-likeness (QED) is 0.586. The number of para-hydroxylation sites is 1. The van der Waals surface area contributed by atoms with Gasteiger partial charge in [-0.1, -0.05) is 18.2 Å². The fourth-order valence-corrected chi connectivity index (χ4v) is 2.24. The first-order chi connectivity index (χ1) is 6.09. The molecule has 0 aliphatic carbocycles. The van der Waals surface area contributed by atoms with Crippen molar-refractivity contribution in [3.8, 4) is 5.75 Å². The third-order valence-electron chi connectivity index (χ3n) is 2.10. The van der Waals surface area contributed by atoms with E-state index < -0.39 is 15.4 Å². The Bertz CT molecular complexity index is 422. The van der Waals surface area contributed by atoms with E-state index in [1.165, 1.54) is 0 Å². The second-order valence-corrected chi connectivity index (χ2v) is 5.07. The normalized spacial score (nSPS) is 24.5. The Morgan fingerprint density at radius 1 is 1.62 bits per heavy atom. The summed E-state index contributed by atoms with van der Waals surface area (Å²) in [5.74, 6) is 0.348. The highest BCUT2D eigenvalue weighted by Gasteiger charge is 2.29. The van der Waals surface area contributed by atoms with Crippen LogP contribution in [0.15, 0.2) is 18.2 Å². The minimum Gasteiger partial charge on any atom is -0.381 e. The Morgan fingerprint density at radius 3 is 3.15 bits per heavy atom. The zero-order chi connectivity index (χ0) is 9.47. The van der Waals surface area contributed by atoms with Gasteiger partial charge in [-0.3, -0.25) is 0 Å². The minimum atomic E-state index is -3.41. The summed E-state index contributed by atoms with van der Waals surface area (Å²) < 4.78 is 27.5. The first-order valence-electron chi connectivity index (χ1n) is 4.02. The topological polar surface area (TPSA) is 43.4 Å². The monoisotopic (exact) mass is 197 g/mol. The zero-order valence-corrected chi connectivity index (χ0v) is 7.97. The van der Waals surface area contributed by atoms with Crippen molar-refractivity contribution >= 4 is 10.1 Å². The maximum Gasteiger partial charge on any atom is 0.312 e. The number of fused-ring (bicyclic) bond motifs is 1. The lowest BCUT2D eigenvalue weighted by Gasteiger charge is -2.21. The van der Waals surface area contributed by atoms with Gasteiger partial charge < -0.3 is 4.18 Å². The molecule has 1 unspecified atom stereocenters. The van der Waals surface area contributed by atoms with Crippen LogP contribution in [0, 0.1) is 6.07 Å². The molecular weight excluding hydrogens is 188 g/mol. The van der Waals surface area contributed by atoms with Crippen LogP contribution in [0.3, 0.4) is 0 Å². The molecular formula is C9H9O3S. The summed E-state index contributed by atoms with van der Waals surface area (Å²) in [6, 6.07) is 8.09. The first kappa shape index (κ1) is 8.56. The van der Waals surface area contributed by atoms with Crippen molar-refractivity contribution in [3.05, 3.63) is 29.8 Å². The van der Waals surface area contributed by atoms with Gasteiger partial charge in [-0.05, 0) is 18.9 Å². The molecule has 0 bridgehead atoms. The zero-order valence-electron chi connectivity index (χ0n) is 7.15. The summed E-state index contributed by atoms with van der Waals surface area (Å²) in [6.45, 7) is 1.64. The highest BCUT2D eigenvalue weighted by molar-refractivity contribution is 7.87. The van der Waals surface area contributed by atoms with Crippen LogP contribution >= 0.6 is 0 Å². The van der Waals surface area contributed by atoms with Gasteiger partial charge in [0.25, 0.3) is 0 Å². The molecule has 3 nitrogen and oxygen atoms in total. The molecule has 1 aliphatic rings. The van der Waals surface area contributed by atoms with Gasteiger partial charge in [0.05, 0.1) is 5.25 Å². The SMILES string of the molecule is CC1Cc2ccc[c]c2OS1(=O)=O. The van der Waals surface area contributed by atoms with Crippen LogP contribution in [0.25, 0.3) is 0 Å². The van der Waals surface area contributed by atoms with Crippen molar-refractivity contribution in [1.82, 2.24) is 0 Å². The molecule has 69 valence electrons. The van der Waals surface area contributed by atoms with E-state index in [2.05, 4.69) is 6.07 Å². The lowest BCUT2D eigenvalue weighted by Crippen LogP contribution is -2.29. The molecule has 0 amide bonds. The first-order valence-corrected chi connectivity index (χ1v) is 5.49. The van der Waals surface area contributed by atoms with Crippen molar-refractivity contribution in [2.24, 2.45) is 0 Å². The summed E-state index contributed by atoms with van der Waals surface area (Å²) in [5.41, 5.74) is 0.907. The maximum absolute atomic E-state index is 11.3. The lowest BCUT2D eigenvalue weighted by atomic mass is 10.1. The van der Waals surface area contributed by atoms with Gasteiger partial charge in [0.1, 0.15) is 0 Å². The van der Waals surface area contributed by atoms with Crippen LogP contribution in [0.1, 0.15) is 12.5 Å². The third kappa shape index (κ3) is 1.42. The van der Waals surface area contributed by atoms with E-state index in [0.717, 1.165) is 5.56 Å². The lowest BCUT2D eigenvalue weighted by molar-refractivity contribution is 0.456. The van der Waals surface area contributed by atoms with Crippen molar-refractivity contribution in [2.75, 3.05) is 0 Å². The molecule has 1 aromatic rings. The summed E-state index contributed by atoms with van der Waals surface area (Å²) in [6.07, 6.45) is 0.509. The Labute approximate surface area is 77.5 Å². The van der Waals surface area contributed by atoms with E-state index in [1.807, 2.05) is 12.1 Å². The molecule has 13 heavy (non-hydrogen) atoms. The van der Waals surface area contributed by atoms with Crippen LogP contribution < -0.4 is 4.18 Å². The standard InChI is InChI=1S/C9H9O3S/c1-7-6-8-4-2-3-5-9(8)12-13(7,10)11/h2-4,7H,6H2,1H3. The van der Waals surface area contributed by atoms with Crippen molar-refractivity contribution < 1.29 is 12.6 Å². The van der Waals surface area contributed by atoms with Gasteiger partial charge in [0.15, 0.2) is 5.75 Å². The second-order valence-electron chi connectivity index (χ2n) is 3.12. The van der Waals surface area contributed by atoms with Crippen LogP contribution in [0.5, 0.6) is 5.75 Å². The van der Waals surface area contributed by atoms with Crippen molar-refractivity contribution in [1.29, 1.82) is 0 Å². The van der Waals surface area contributed by atoms with Crippen LogP contribution in [-0.4, -0.2) is 13.7 Å². The minimum absolute atomic E-state index is 0.348. The van der Waals surface area contributed by atoms with Gasteiger partial charge in [-0.15, -0.1) is 0 Å². The Hall–Kier alpha value is -1.03. The molecule has 1 heterocycles. The van der Waals surface area contributed by atoms with Crippen LogP contribution in [0.2, 0.25) is 0 Å². The fourth-order valence-electron chi connectivity index (χ4n) is 1.30. The summed E-state index contributed by atoms with van der Waals surface area (Å²) in [7, 11) is -3.41. The second kappa shape index (κ2) is 2.73. The molecule has 0 saturated heterocycles. The predicted octanol–water partition coefficient (Wildman–Crippen LogP) is 1.14. The summed E-state index contributed by atoms with van der Waals surface area (Å²) in [5, 5.41) is -0.462. The van der Waals surface area contributed by atoms with Crippen LogP contribution in [-0.2, 0) is 16.5 Å². The van der Waals surface area contributed by atoms with Crippen molar-refractivity contribution in [2.45, 2.75) is 18.6 Å². The van der Waals surface area contributed by atoms with Gasteiger partial charge in [-0.2, -0.15) is 8.42 Å². The molecule has 1 aromatic carbocycles. The number of benzene rings is 1. The van der Waals surface area contributed by atoms with E-state index in [0.29, 0.717) is 12.2 Å². The van der Waals surface area contributed by atoms with Gasteiger partial charge >= 0.3 is 10.1 Å². The fraction of sp³-hybridized carbons (Fsp3) is 0.333. The van der Waals surface area contributed by atoms with E-state index >= 15 is 0 Å². The number of rotatable bonds is 0. The average molecular weight is 197 g/mol. The Kier molecular flexibility index (Phi) is 1.80. The smallest absolute Gasteiger partial charge is 0.312 e. The largest absolute Gasteiger partial charge is 0.381 e. The Morgan fingerprint density at radius 2 is 2.38 bits per heavy atom. The van der Waals surface area contributed by atoms with E-state index in [4.69, 9.17) is 4.18 Å².